The molecule has 2 rings (SSSR count). The number of aliphatic carboxylic acids is 1. The molecule has 0 aromatic heterocycles. The second-order valence-corrected chi connectivity index (χ2v) is 5.21. The number of carboxylic acids is 1. The zero-order valence-electron chi connectivity index (χ0n) is 11.8. The molecule has 0 saturated heterocycles. The molecule has 0 spiro atoms. The Kier molecular flexibility index (Phi) is 3.69. The number of hydrogen-bond donors (Lipinski definition) is 1. The zero-order chi connectivity index (χ0) is 14.0. The Hall–Kier alpha value is -1.71. The van der Waals surface area contributed by atoms with Crippen LogP contribution in [0.2, 0.25) is 0 Å². The first-order chi connectivity index (χ1) is 8.99. The first-order valence-electron chi connectivity index (χ1n) is 6.76. The Morgan fingerprint density at radius 2 is 2.11 bits per heavy atom. The number of aryl methyl sites for hydroxylation is 1. The minimum atomic E-state index is -0.810. The molecule has 104 valence electrons. The molecule has 1 aliphatic rings. The van der Waals surface area contributed by atoms with E-state index in [0.29, 0.717) is 6.54 Å². The molecule has 0 bridgehead atoms. The molecule has 1 aromatic carbocycles. The van der Waals surface area contributed by atoms with Crippen molar-refractivity contribution in [3.8, 4) is 5.75 Å². The number of carbonyl (C=O) groups is 1. The standard InChI is InChI=1S/C15H21NO3/c1-4-15(5-2)10-16(9-14(17)18)12-8-11(3)6-7-13(12)19-15/h6-8H,4-5,9-10H2,1-3H3,(H,17,18). The number of carboxylic acid groups (broad SMARTS) is 1. The largest absolute Gasteiger partial charge is 0.483 e. The van der Waals surface area contributed by atoms with Gasteiger partial charge in [-0.25, -0.2) is 0 Å². The molecule has 0 fully saturated rings. The molecule has 1 aliphatic heterocycles. The molecule has 0 atom stereocenters. The van der Waals surface area contributed by atoms with Gasteiger partial charge >= 0.3 is 5.97 Å². The van der Waals surface area contributed by atoms with E-state index in [4.69, 9.17) is 9.84 Å². The Morgan fingerprint density at radius 3 is 2.68 bits per heavy atom. The van der Waals surface area contributed by atoms with Gasteiger partial charge in [0.15, 0.2) is 0 Å². The minimum Gasteiger partial charge on any atom is -0.483 e. The van der Waals surface area contributed by atoms with E-state index >= 15 is 0 Å². The third kappa shape index (κ3) is 2.67. The van der Waals surface area contributed by atoms with Crippen LogP contribution in [0.15, 0.2) is 18.2 Å². The van der Waals surface area contributed by atoms with Crippen molar-refractivity contribution in [1.29, 1.82) is 0 Å². The van der Waals surface area contributed by atoms with E-state index in [9.17, 15) is 4.79 Å². The lowest BCUT2D eigenvalue weighted by atomic mass is 9.93. The first-order valence-corrected chi connectivity index (χ1v) is 6.76. The van der Waals surface area contributed by atoms with Crippen molar-refractivity contribution in [2.45, 2.75) is 39.2 Å². The maximum atomic E-state index is 11.1. The summed E-state index contributed by atoms with van der Waals surface area (Å²) in [4.78, 5) is 13.0. The van der Waals surface area contributed by atoms with Crippen LogP contribution < -0.4 is 9.64 Å². The predicted octanol–water partition coefficient (Wildman–Crippen LogP) is 2.84. The molecule has 0 unspecified atom stereocenters. The van der Waals surface area contributed by atoms with Crippen molar-refractivity contribution in [2.24, 2.45) is 0 Å². The highest BCUT2D eigenvalue weighted by Crippen LogP contribution is 2.39. The second-order valence-electron chi connectivity index (χ2n) is 5.21. The molecule has 1 heterocycles. The monoisotopic (exact) mass is 263 g/mol. The summed E-state index contributed by atoms with van der Waals surface area (Å²) < 4.78 is 6.15. The number of benzene rings is 1. The quantitative estimate of drug-likeness (QED) is 0.907. The maximum Gasteiger partial charge on any atom is 0.323 e. The zero-order valence-corrected chi connectivity index (χ0v) is 11.8. The summed E-state index contributed by atoms with van der Waals surface area (Å²) in [6.07, 6.45) is 1.74. The number of fused-ring (bicyclic) bond motifs is 1. The Bertz CT molecular complexity index is 480. The number of ether oxygens (including phenoxy) is 1. The Balaban J connectivity index is 2.42. The molecule has 0 saturated carbocycles. The molecule has 0 amide bonds. The van der Waals surface area contributed by atoms with Crippen LogP contribution >= 0.6 is 0 Å². The van der Waals surface area contributed by atoms with Gasteiger partial charge in [0.05, 0.1) is 12.2 Å². The van der Waals surface area contributed by atoms with Gasteiger partial charge < -0.3 is 14.7 Å². The first kappa shape index (κ1) is 13.7. The minimum absolute atomic E-state index is 0.0154. The third-order valence-corrected chi connectivity index (χ3v) is 3.88. The van der Waals surface area contributed by atoms with E-state index in [1.807, 2.05) is 30.0 Å². The molecule has 0 aliphatic carbocycles. The smallest absolute Gasteiger partial charge is 0.323 e. The summed E-state index contributed by atoms with van der Waals surface area (Å²) >= 11 is 0. The lowest BCUT2D eigenvalue weighted by molar-refractivity contribution is -0.135. The van der Waals surface area contributed by atoms with E-state index in [1.165, 1.54) is 0 Å². The lowest BCUT2D eigenvalue weighted by Crippen LogP contribution is -2.51. The topological polar surface area (TPSA) is 49.8 Å². The van der Waals surface area contributed by atoms with Crippen molar-refractivity contribution in [3.63, 3.8) is 0 Å². The SMILES string of the molecule is CCC1(CC)CN(CC(=O)O)c2cc(C)ccc2O1. The van der Waals surface area contributed by atoms with E-state index < -0.39 is 5.97 Å². The Morgan fingerprint density at radius 1 is 1.42 bits per heavy atom. The van der Waals surface area contributed by atoms with Gasteiger partial charge in [0, 0.05) is 0 Å². The van der Waals surface area contributed by atoms with Gasteiger partial charge in [0.2, 0.25) is 0 Å². The van der Waals surface area contributed by atoms with Gasteiger partial charge in [-0.2, -0.15) is 0 Å². The van der Waals surface area contributed by atoms with Crippen LogP contribution in [-0.4, -0.2) is 29.8 Å². The van der Waals surface area contributed by atoms with Crippen molar-refractivity contribution in [1.82, 2.24) is 0 Å². The maximum absolute atomic E-state index is 11.1. The summed E-state index contributed by atoms with van der Waals surface area (Å²) in [5, 5.41) is 9.09. The highest BCUT2D eigenvalue weighted by molar-refractivity contribution is 5.76. The van der Waals surface area contributed by atoms with E-state index in [2.05, 4.69) is 13.8 Å². The van der Waals surface area contributed by atoms with E-state index in [1.54, 1.807) is 0 Å². The number of anilines is 1. The molecule has 0 radical (unpaired) electrons. The fraction of sp³-hybridized carbons (Fsp3) is 0.533. The average Bonchev–Trinajstić information content (AvgIpc) is 2.38. The molecular weight excluding hydrogens is 242 g/mol. The average molecular weight is 263 g/mol. The van der Waals surface area contributed by atoms with Crippen molar-refractivity contribution in [3.05, 3.63) is 23.8 Å². The summed E-state index contributed by atoms with van der Waals surface area (Å²) in [5.74, 6) is -0.0164. The molecule has 1 N–H and O–H groups in total. The predicted molar refractivity (Wildman–Crippen MR) is 75.0 cm³/mol. The number of nitrogens with zero attached hydrogens (tertiary/aromatic N) is 1. The fourth-order valence-corrected chi connectivity index (χ4v) is 2.58. The van der Waals surface area contributed by atoms with Gasteiger partial charge in [-0.1, -0.05) is 19.9 Å². The van der Waals surface area contributed by atoms with Crippen molar-refractivity contribution < 1.29 is 14.6 Å². The van der Waals surface area contributed by atoms with Crippen molar-refractivity contribution >= 4 is 11.7 Å². The van der Waals surface area contributed by atoms with Crippen LogP contribution in [0.5, 0.6) is 5.75 Å². The molecule has 4 nitrogen and oxygen atoms in total. The van der Waals surface area contributed by atoms with Crippen LogP contribution in [0, 0.1) is 6.92 Å². The van der Waals surface area contributed by atoms with Gasteiger partial charge in [0.1, 0.15) is 17.9 Å². The summed E-state index contributed by atoms with van der Waals surface area (Å²) in [7, 11) is 0. The van der Waals surface area contributed by atoms with Crippen LogP contribution in [0.25, 0.3) is 0 Å². The molecule has 19 heavy (non-hydrogen) atoms. The highest BCUT2D eigenvalue weighted by atomic mass is 16.5. The van der Waals surface area contributed by atoms with Crippen LogP contribution in [0.4, 0.5) is 5.69 Å². The molecular formula is C15H21NO3. The van der Waals surface area contributed by atoms with Gasteiger partial charge in [-0.05, 0) is 37.5 Å². The van der Waals surface area contributed by atoms with Crippen molar-refractivity contribution in [2.75, 3.05) is 18.0 Å². The van der Waals surface area contributed by atoms with Gasteiger partial charge in [-0.3, -0.25) is 4.79 Å². The number of rotatable bonds is 4. The lowest BCUT2D eigenvalue weighted by Gasteiger charge is -2.43. The van der Waals surface area contributed by atoms with Gasteiger partial charge in [-0.15, -0.1) is 0 Å². The van der Waals surface area contributed by atoms with E-state index in [-0.39, 0.29) is 12.1 Å². The Labute approximate surface area is 114 Å². The molecule has 4 heteroatoms. The third-order valence-electron chi connectivity index (χ3n) is 3.88. The van der Waals surface area contributed by atoms with Gasteiger partial charge in [0.25, 0.3) is 0 Å². The number of hydrogen-bond acceptors (Lipinski definition) is 3. The highest BCUT2D eigenvalue weighted by Gasteiger charge is 2.37. The summed E-state index contributed by atoms with van der Waals surface area (Å²) in [6, 6.07) is 5.94. The summed E-state index contributed by atoms with van der Waals surface area (Å²) in [6.45, 7) is 6.81. The van der Waals surface area contributed by atoms with Crippen LogP contribution in [0.1, 0.15) is 32.3 Å². The van der Waals surface area contributed by atoms with Crippen LogP contribution in [-0.2, 0) is 4.79 Å². The summed E-state index contributed by atoms with van der Waals surface area (Å²) in [5.41, 5.74) is 1.72. The second kappa shape index (κ2) is 5.11. The van der Waals surface area contributed by atoms with E-state index in [0.717, 1.165) is 29.8 Å². The normalized spacial score (nSPS) is 16.7. The van der Waals surface area contributed by atoms with Crippen LogP contribution in [0.3, 0.4) is 0 Å². The molecule has 1 aromatic rings. The fourth-order valence-electron chi connectivity index (χ4n) is 2.58.